The summed E-state index contributed by atoms with van der Waals surface area (Å²) in [6.45, 7) is 0. The molecule has 4 saturated carbocycles. The zero-order valence-electron chi connectivity index (χ0n) is 29.2. The van der Waals surface area contributed by atoms with Crippen LogP contribution in [0.1, 0.15) is 43.2 Å². The van der Waals surface area contributed by atoms with Gasteiger partial charge in [-0.1, -0.05) is 121 Å². The van der Waals surface area contributed by atoms with Gasteiger partial charge in [0.1, 0.15) is 0 Å². The molecule has 0 amide bonds. The minimum atomic E-state index is -3.73. The molecule has 1 spiro atoms. The fourth-order valence-electron chi connectivity index (χ4n) is 11.0. The fraction of sp³-hybridized carbons (Fsp3) is 0.213. The number of fused-ring (bicyclic) bond motifs is 3. The molecule has 1 aliphatic heterocycles. The maximum Gasteiger partial charge on any atom is 0.207 e. The van der Waals surface area contributed by atoms with Gasteiger partial charge < -0.3 is 0 Å². The molecule has 5 nitrogen and oxygen atoms in total. The molecular formula is C47H37N3O2S. The van der Waals surface area contributed by atoms with E-state index in [1.807, 2.05) is 84.9 Å². The Hall–Kier alpha value is -5.46. The highest BCUT2D eigenvalue weighted by Gasteiger charge is 2.62. The SMILES string of the molecule is O=S1(=O)c2ccccc2C2(c3ccc(-c4cccc(-c5nc(-c6ccccc6)nc(-c6cccc7ccccc67)n5)c4)cc31)C1CC3CC(C1)CC2C3. The standard InChI is InChI=1S/C47H37N3O2S/c51-53(52)42-19-7-6-18-40(42)47(36-23-29-22-30(25-36)26-37(47)24-29)41-21-20-34(28-43(41)53)33-14-8-15-35(27-33)45-48-44(32-11-2-1-3-12-32)49-46(50-45)39-17-9-13-31-10-4-5-16-38(31)39/h1-21,27-30,36-37H,22-26H2. The first-order valence-corrected chi connectivity index (χ1v) is 20.3. The van der Waals surface area contributed by atoms with Crippen molar-refractivity contribution in [1.29, 1.82) is 0 Å². The van der Waals surface area contributed by atoms with Crippen molar-refractivity contribution >= 4 is 20.6 Å². The Kier molecular flexibility index (Phi) is 6.76. The maximum atomic E-state index is 14.6. The number of rotatable bonds is 4. The topological polar surface area (TPSA) is 72.8 Å². The van der Waals surface area contributed by atoms with E-state index in [2.05, 4.69) is 54.6 Å². The van der Waals surface area contributed by atoms with Crippen LogP contribution in [0.25, 0.3) is 56.1 Å². The molecule has 5 aliphatic rings. The second-order valence-corrected chi connectivity index (χ2v) is 17.6. The van der Waals surface area contributed by atoms with Crippen LogP contribution in [0, 0.1) is 23.7 Å². The molecule has 0 atom stereocenters. The van der Waals surface area contributed by atoms with Crippen LogP contribution in [0.3, 0.4) is 0 Å². The lowest BCUT2D eigenvalue weighted by atomic mass is 9.42. The minimum Gasteiger partial charge on any atom is -0.218 e. The largest absolute Gasteiger partial charge is 0.218 e. The average molecular weight is 708 g/mol. The van der Waals surface area contributed by atoms with Gasteiger partial charge >= 0.3 is 0 Å². The summed E-state index contributed by atoms with van der Waals surface area (Å²) < 4.78 is 29.2. The van der Waals surface area contributed by atoms with E-state index in [0.29, 0.717) is 39.1 Å². The molecule has 6 aromatic carbocycles. The lowest BCUT2D eigenvalue weighted by Gasteiger charge is -2.63. The summed E-state index contributed by atoms with van der Waals surface area (Å²) in [5.74, 6) is 4.27. The second kappa shape index (κ2) is 11.5. The number of nitrogens with zero attached hydrogens (tertiary/aromatic N) is 3. The molecule has 4 fully saturated rings. The van der Waals surface area contributed by atoms with Gasteiger partial charge in [-0.3, -0.25) is 0 Å². The van der Waals surface area contributed by atoms with Crippen LogP contribution in [0.4, 0.5) is 0 Å². The monoisotopic (exact) mass is 707 g/mol. The van der Waals surface area contributed by atoms with Gasteiger partial charge in [-0.05, 0) is 107 Å². The van der Waals surface area contributed by atoms with Crippen molar-refractivity contribution in [2.75, 3.05) is 0 Å². The molecule has 6 heteroatoms. The van der Waals surface area contributed by atoms with Gasteiger partial charge in [0.05, 0.1) is 9.79 Å². The predicted octanol–water partition coefficient (Wildman–Crippen LogP) is 10.6. The Balaban J connectivity index is 1.06. The summed E-state index contributed by atoms with van der Waals surface area (Å²) in [6.07, 6.45) is 6.14. The van der Waals surface area contributed by atoms with E-state index in [4.69, 9.17) is 15.0 Å². The lowest BCUT2D eigenvalue weighted by molar-refractivity contribution is -0.0446. The van der Waals surface area contributed by atoms with Gasteiger partial charge in [-0.2, -0.15) is 0 Å². The van der Waals surface area contributed by atoms with Crippen molar-refractivity contribution in [1.82, 2.24) is 15.0 Å². The van der Waals surface area contributed by atoms with Crippen molar-refractivity contribution in [3.8, 4) is 45.3 Å². The smallest absolute Gasteiger partial charge is 0.207 e. The maximum absolute atomic E-state index is 14.6. The number of sulfone groups is 1. The fourth-order valence-corrected chi connectivity index (χ4v) is 12.8. The van der Waals surface area contributed by atoms with Gasteiger partial charge in [0.25, 0.3) is 0 Å². The van der Waals surface area contributed by atoms with E-state index < -0.39 is 9.84 Å². The van der Waals surface area contributed by atoms with E-state index in [9.17, 15) is 8.42 Å². The molecule has 1 aromatic heterocycles. The number of benzene rings is 6. The van der Waals surface area contributed by atoms with Crippen LogP contribution >= 0.6 is 0 Å². The van der Waals surface area contributed by atoms with Crippen molar-refractivity contribution in [3.05, 3.63) is 151 Å². The number of hydrogen-bond acceptors (Lipinski definition) is 5. The van der Waals surface area contributed by atoms with Crippen LogP contribution in [0.5, 0.6) is 0 Å². The zero-order chi connectivity index (χ0) is 35.3. The zero-order valence-corrected chi connectivity index (χ0v) is 30.0. The van der Waals surface area contributed by atoms with E-state index in [-0.39, 0.29) is 5.41 Å². The molecule has 4 bridgehead atoms. The van der Waals surface area contributed by atoms with Crippen molar-refractivity contribution in [3.63, 3.8) is 0 Å². The first-order valence-electron chi connectivity index (χ1n) is 18.9. The molecule has 0 unspecified atom stereocenters. The Labute approximate surface area is 309 Å². The van der Waals surface area contributed by atoms with Crippen molar-refractivity contribution in [2.24, 2.45) is 23.7 Å². The van der Waals surface area contributed by atoms with Gasteiger partial charge in [0.2, 0.25) is 9.84 Å². The third-order valence-electron chi connectivity index (χ3n) is 12.9. The Bertz CT molecular complexity index is 2690. The average Bonchev–Trinajstić information content (AvgIpc) is 3.20. The summed E-state index contributed by atoms with van der Waals surface area (Å²) in [6, 6.07) is 46.9. The van der Waals surface area contributed by atoms with Crippen LogP contribution in [-0.2, 0) is 15.3 Å². The molecule has 7 aromatic rings. The highest BCUT2D eigenvalue weighted by molar-refractivity contribution is 7.91. The van der Waals surface area contributed by atoms with Crippen molar-refractivity contribution < 1.29 is 8.42 Å². The molecule has 258 valence electrons. The number of hydrogen-bond donors (Lipinski definition) is 0. The lowest BCUT2D eigenvalue weighted by Crippen LogP contribution is -2.57. The molecule has 12 rings (SSSR count). The Morgan fingerprint density at radius 2 is 1.06 bits per heavy atom. The first-order chi connectivity index (χ1) is 26.0. The van der Waals surface area contributed by atoms with Gasteiger partial charge in [0.15, 0.2) is 17.5 Å². The highest BCUT2D eigenvalue weighted by Crippen LogP contribution is 2.68. The highest BCUT2D eigenvalue weighted by atomic mass is 32.2. The Morgan fingerprint density at radius 3 is 1.87 bits per heavy atom. The molecule has 53 heavy (non-hydrogen) atoms. The first kappa shape index (κ1) is 31.1. The molecule has 0 saturated heterocycles. The molecular weight excluding hydrogens is 671 g/mol. The summed E-state index contributed by atoms with van der Waals surface area (Å²) in [7, 11) is -3.73. The van der Waals surface area contributed by atoms with Crippen LogP contribution < -0.4 is 0 Å². The van der Waals surface area contributed by atoms with E-state index in [1.54, 1.807) is 0 Å². The van der Waals surface area contributed by atoms with E-state index >= 15 is 0 Å². The van der Waals surface area contributed by atoms with Crippen LogP contribution in [0.15, 0.2) is 149 Å². The Morgan fingerprint density at radius 1 is 0.472 bits per heavy atom. The third-order valence-corrected chi connectivity index (χ3v) is 14.8. The van der Waals surface area contributed by atoms with E-state index in [0.717, 1.165) is 61.6 Å². The summed E-state index contributed by atoms with van der Waals surface area (Å²) in [5.41, 5.74) is 6.31. The minimum absolute atomic E-state index is 0.248. The van der Waals surface area contributed by atoms with Crippen molar-refractivity contribution in [2.45, 2.75) is 47.3 Å². The van der Waals surface area contributed by atoms with E-state index in [1.165, 1.54) is 32.1 Å². The van der Waals surface area contributed by atoms with Crippen LogP contribution in [-0.4, -0.2) is 23.4 Å². The van der Waals surface area contributed by atoms with Gasteiger partial charge in [-0.25, -0.2) is 23.4 Å². The summed E-state index contributed by atoms with van der Waals surface area (Å²) in [5, 5.41) is 2.20. The second-order valence-electron chi connectivity index (χ2n) is 15.7. The summed E-state index contributed by atoms with van der Waals surface area (Å²) >= 11 is 0. The molecule has 0 N–H and O–H groups in total. The molecule has 4 aliphatic carbocycles. The third kappa shape index (κ3) is 4.61. The van der Waals surface area contributed by atoms with Crippen LogP contribution in [0.2, 0.25) is 0 Å². The van der Waals surface area contributed by atoms with Gasteiger partial charge in [-0.15, -0.1) is 0 Å². The molecule has 2 heterocycles. The predicted molar refractivity (Wildman–Crippen MR) is 209 cm³/mol. The quantitative estimate of drug-likeness (QED) is 0.182. The summed E-state index contributed by atoms with van der Waals surface area (Å²) in [4.78, 5) is 16.1. The van der Waals surface area contributed by atoms with Gasteiger partial charge in [0, 0.05) is 22.1 Å². The molecule has 0 radical (unpaired) electrons. The normalized spacial score (nSPS) is 24.6. The number of aromatic nitrogens is 3.